The molecule has 3 aromatic rings. The third-order valence-corrected chi connectivity index (χ3v) is 5.11. The third kappa shape index (κ3) is 3.57. The Hall–Kier alpha value is -2.74. The number of aromatic nitrogens is 4. The Morgan fingerprint density at radius 3 is 3.00 bits per heavy atom. The number of aromatic amines is 1. The number of carbonyl (C=O) groups excluding carboxylic acids is 1. The first-order valence-electron chi connectivity index (χ1n) is 8.72. The summed E-state index contributed by atoms with van der Waals surface area (Å²) in [5.41, 5.74) is 6.75. The lowest BCUT2D eigenvalue weighted by Crippen LogP contribution is -2.34. The molecule has 1 aliphatic carbocycles. The van der Waals surface area contributed by atoms with Gasteiger partial charge in [-0.05, 0) is 25.3 Å². The molecule has 9 heteroatoms. The number of pyridine rings is 1. The van der Waals surface area contributed by atoms with Gasteiger partial charge in [0.25, 0.3) is 0 Å². The first kappa shape index (κ1) is 17.7. The van der Waals surface area contributed by atoms with E-state index in [9.17, 15) is 9.18 Å². The quantitative estimate of drug-likeness (QED) is 0.635. The van der Waals surface area contributed by atoms with Crippen LogP contribution in [0.15, 0.2) is 24.7 Å². The van der Waals surface area contributed by atoms with E-state index in [1.165, 1.54) is 0 Å². The van der Waals surface area contributed by atoms with Crippen molar-refractivity contribution in [2.75, 3.05) is 5.32 Å². The zero-order chi connectivity index (χ0) is 19.0. The average Bonchev–Trinajstić information content (AvgIpc) is 3.07. The van der Waals surface area contributed by atoms with E-state index in [2.05, 4.69) is 25.3 Å². The Labute approximate surface area is 159 Å². The van der Waals surface area contributed by atoms with Crippen LogP contribution in [0.5, 0.6) is 0 Å². The summed E-state index contributed by atoms with van der Waals surface area (Å²) < 4.78 is 14.3. The van der Waals surface area contributed by atoms with Crippen LogP contribution >= 0.6 is 11.6 Å². The fraction of sp³-hybridized carbons (Fsp3) is 0.333. The van der Waals surface area contributed by atoms with Gasteiger partial charge in [-0.2, -0.15) is 0 Å². The van der Waals surface area contributed by atoms with Crippen molar-refractivity contribution >= 4 is 34.4 Å². The van der Waals surface area contributed by atoms with E-state index in [-0.39, 0.29) is 23.7 Å². The maximum atomic E-state index is 14.3. The first-order chi connectivity index (χ1) is 13.0. The predicted molar refractivity (Wildman–Crippen MR) is 101 cm³/mol. The van der Waals surface area contributed by atoms with Crippen LogP contribution < -0.4 is 11.1 Å². The summed E-state index contributed by atoms with van der Waals surface area (Å²) >= 11 is 6.03. The van der Waals surface area contributed by atoms with Gasteiger partial charge in [0, 0.05) is 35.3 Å². The highest BCUT2D eigenvalue weighted by Gasteiger charge is 2.26. The first-order valence-corrected chi connectivity index (χ1v) is 9.10. The molecule has 4 N–H and O–H groups in total. The second kappa shape index (κ2) is 7.11. The second-order valence-electron chi connectivity index (χ2n) is 6.75. The Balaban J connectivity index is 1.63. The summed E-state index contributed by atoms with van der Waals surface area (Å²) in [7, 11) is 0. The minimum Gasteiger partial charge on any atom is -0.369 e. The molecule has 27 heavy (non-hydrogen) atoms. The normalized spacial score (nSPS) is 19.9. The smallest absolute Gasteiger partial charge is 0.220 e. The van der Waals surface area contributed by atoms with E-state index in [1.807, 2.05) is 0 Å². The Bertz CT molecular complexity index is 1010. The number of halogens is 2. The monoisotopic (exact) mass is 388 g/mol. The highest BCUT2D eigenvalue weighted by atomic mass is 35.5. The van der Waals surface area contributed by atoms with E-state index in [0.717, 1.165) is 30.8 Å². The molecule has 0 aromatic carbocycles. The molecule has 0 unspecified atom stereocenters. The van der Waals surface area contributed by atoms with E-state index in [4.69, 9.17) is 17.3 Å². The Kier molecular flexibility index (Phi) is 4.65. The third-order valence-electron chi connectivity index (χ3n) is 4.90. The topological polar surface area (TPSA) is 110 Å². The summed E-state index contributed by atoms with van der Waals surface area (Å²) in [5, 5.41) is 4.36. The van der Waals surface area contributed by atoms with E-state index < -0.39 is 5.82 Å². The van der Waals surface area contributed by atoms with Gasteiger partial charge in [0.1, 0.15) is 5.65 Å². The molecular formula is C18H18ClFN6O. The molecule has 0 radical (unpaired) electrons. The molecule has 0 spiro atoms. The number of rotatable bonds is 4. The lowest BCUT2D eigenvalue weighted by molar-refractivity contribution is -0.122. The van der Waals surface area contributed by atoms with Crippen LogP contribution in [0.4, 0.5) is 10.2 Å². The minimum atomic E-state index is -0.545. The van der Waals surface area contributed by atoms with Crippen molar-refractivity contribution in [1.29, 1.82) is 0 Å². The van der Waals surface area contributed by atoms with Crippen LogP contribution in [-0.4, -0.2) is 31.9 Å². The molecule has 1 saturated carbocycles. The van der Waals surface area contributed by atoms with Crippen molar-refractivity contribution < 1.29 is 9.18 Å². The molecule has 0 aliphatic heterocycles. The summed E-state index contributed by atoms with van der Waals surface area (Å²) in [5.74, 6) is -0.581. The van der Waals surface area contributed by atoms with E-state index >= 15 is 0 Å². The number of H-pyrrole nitrogens is 1. The van der Waals surface area contributed by atoms with Crippen LogP contribution in [0.3, 0.4) is 0 Å². The molecule has 4 rings (SSSR count). The molecule has 0 saturated heterocycles. The van der Waals surface area contributed by atoms with Crippen molar-refractivity contribution in [3.8, 4) is 11.4 Å². The van der Waals surface area contributed by atoms with Crippen molar-refractivity contribution in [1.82, 2.24) is 19.9 Å². The number of hydrogen-bond acceptors (Lipinski definition) is 5. The van der Waals surface area contributed by atoms with Gasteiger partial charge in [-0.3, -0.25) is 4.79 Å². The number of carbonyl (C=O) groups is 1. The molecule has 0 bridgehead atoms. The van der Waals surface area contributed by atoms with Gasteiger partial charge >= 0.3 is 0 Å². The molecule has 1 amide bonds. The Morgan fingerprint density at radius 2 is 2.19 bits per heavy atom. The zero-order valence-electron chi connectivity index (χ0n) is 14.4. The van der Waals surface area contributed by atoms with E-state index in [0.29, 0.717) is 28.5 Å². The fourth-order valence-corrected chi connectivity index (χ4v) is 3.69. The highest BCUT2D eigenvalue weighted by molar-refractivity contribution is 6.31. The molecule has 3 aromatic heterocycles. The number of amides is 1. The molecular weight excluding hydrogens is 371 g/mol. The van der Waals surface area contributed by atoms with Crippen molar-refractivity contribution in [2.24, 2.45) is 11.7 Å². The largest absolute Gasteiger partial charge is 0.369 e. The minimum absolute atomic E-state index is 0.0624. The fourth-order valence-electron chi connectivity index (χ4n) is 3.53. The average molecular weight is 389 g/mol. The number of nitrogens with two attached hydrogens (primary N) is 1. The lowest BCUT2D eigenvalue weighted by atomic mass is 9.85. The molecule has 2 atom stereocenters. The van der Waals surface area contributed by atoms with E-state index in [1.54, 1.807) is 18.5 Å². The number of nitrogens with zero attached hydrogens (tertiary/aromatic N) is 3. The predicted octanol–water partition coefficient (Wildman–Crippen LogP) is 3.27. The lowest BCUT2D eigenvalue weighted by Gasteiger charge is -2.28. The maximum absolute atomic E-state index is 14.3. The van der Waals surface area contributed by atoms with Crippen LogP contribution in [0, 0.1) is 11.7 Å². The molecule has 7 nitrogen and oxygen atoms in total. The molecule has 140 valence electrons. The van der Waals surface area contributed by atoms with Crippen LogP contribution in [-0.2, 0) is 4.79 Å². The molecule has 3 heterocycles. The summed E-state index contributed by atoms with van der Waals surface area (Å²) in [6.45, 7) is 0. The summed E-state index contributed by atoms with van der Waals surface area (Å²) in [4.78, 5) is 27.2. The van der Waals surface area contributed by atoms with Crippen molar-refractivity contribution in [3.63, 3.8) is 0 Å². The number of anilines is 1. The second-order valence-corrected chi connectivity index (χ2v) is 7.19. The van der Waals surface area contributed by atoms with Gasteiger partial charge in [0.05, 0.1) is 11.2 Å². The standard InChI is InChI=1S/C18H18ClFN6O/c19-10-5-12-13(7-23-16(12)22-6-10)17-24-8-14(20)18(26-17)25-11-3-1-2-9(4-11)15(21)27/h5-9,11H,1-4H2,(H2,21,27)(H,22,23)(H,24,25,26)/t9-,11+/m1/s1. The number of hydrogen-bond donors (Lipinski definition) is 3. The number of primary amides is 1. The zero-order valence-corrected chi connectivity index (χ0v) is 15.1. The van der Waals surface area contributed by atoms with Gasteiger partial charge in [0.15, 0.2) is 17.5 Å². The SMILES string of the molecule is NC(=O)[C@@H]1CCC[C@H](Nc2nc(-c3c[nH]c4ncc(Cl)cc34)ncc2F)C1. The maximum Gasteiger partial charge on any atom is 0.220 e. The van der Waals surface area contributed by atoms with Gasteiger partial charge < -0.3 is 16.0 Å². The number of fused-ring (bicyclic) bond motifs is 1. The summed E-state index contributed by atoms with van der Waals surface area (Å²) in [6, 6.07) is 1.70. The van der Waals surface area contributed by atoms with Crippen LogP contribution in [0.25, 0.3) is 22.4 Å². The van der Waals surface area contributed by atoms with Gasteiger partial charge in [-0.25, -0.2) is 19.3 Å². The Morgan fingerprint density at radius 1 is 1.33 bits per heavy atom. The van der Waals surface area contributed by atoms with Crippen molar-refractivity contribution in [3.05, 3.63) is 35.5 Å². The van der Waals surface area contributed by atoms with Crippen molar-refractivity contribution in [2.45, 2.75) is 31.7 Å². The molecule has 1 fully saturated rings. The van der Waals surface area contributed by atoms with Crippen LogP contribution in [0.2, 0.25) is 5.02 Å². The van der Waals surface area contributed by atoms with Gasteiger partial charge in [-0.15, -0.1) is 0 Å². The molecule has 1 aliphatic rings. The van der Waals surface area contributed by atoms with Crippen LogP contribution in [0.1, 0.15) is 25.7 Å². The number of nitrogens with one attached hydrogen (secondary N) is 2. The van der Waals surface area contributed by atoms with Gasteiger partial charge in [0.2, 0.25) is 5.91 Å². The van der Waals surface area contributed by atoms with Gasteiger partial charge in [-0.1, -0.05) is 18.0 Å². The summed E-state index contributed by atoms with van der Waals surface area (Å²) in [6.07, 6.45) is 7.42. The highest BCUT2D eigenvalue weighted by Crippen LogP contribution is 2.30.